The molecule has 0 radical (unpaired) electrons. The van der Waals surface area contributed by atoms with Crippen LogP contribution in [-0.2, 0) is 5.41 Å². The lowest BCUT2D eigenvalue weighted by Crippen LogP contribution is -2.14. The third kappa shape index (κ3) is 3.43. The first-order valence-electron chi connectivity index (χ1n) is 9.16. The molecule has 4 rings (SSSR count). The van der Waals surface area contributed by atoms with Crippen molar-refractivity contribution < 1.29 is 4.79 Å². The topological polar surface area (TPSA) is 59.8 Å². The van der Waals surface area contributed by atoms with Crippen molar-refractivity contribution in [2.24, 2.45) is 0 Å². The summed E-state index contributed by atoms with van der Waals surface area (Å²) in [6.45, 7) is 8.42. The molecule has 142 valence electrons. The summed E-state index contributed by atoms with van der Waals surface area (Å²) in [6, 6.07) is 17.6. The maximum Gasteiger partial charge on any atom is 0.257 e. The lowest BCUT2D eigenvalue weighted by atomic mass is 9.87. The van der Waals surface area contributed by atoms with E-state index in [9.17, 15) is 4.79 Å². The first-order valence-corrected chi connectivity index (χ1v) is 9.98. The van der Waals surface area contributed by atoms with Crippen LogP contribution in [-0.4, -0.2) is 20.7 Å². The molecule has 0 unspecified atom stereocenters. The van der Waals surface area contributed by atoms with Gasteiger partial charge in [-0.1, -0.05) is 62.4 Å². The molecule has 28 heavy (non-hydrogen) atoms. The number of hydrogen-bond donors (Lipinski definition) is 1. The van der Waals surface area contributed by atoms with E-state index < -0.39 is 0 Å². The van der Waals surface area contributed by atoms with E-state index in [0.29, 0.717) is 10.7 Å². The number of carbonyl (C=O) groups is 1. The molecule has 5 nitrogen and oxygen atoms in total. The summed E-state index contributed by atoms with van der Waals surface area (Å²) < 4.78 is 2.79. The average Bonchev–Trinajstić information content (AvgIpc) is 3.21. The van der Waals surface area contributed by atoms with Crippen molar-refractivity contribution in [3.05, 3.63) is 71.4 Å². The third-order valence-corrected chi connectivity index (χ3v) is 5.69. The van der Waals surface area contributed by atoms with Crippen LogP contribution in [0.15, 0.2) is 54.6 Å². The fourth-order valence-electron chi connectivity index (χ4n) is 3.03. The molecule has 0 atom stereocenters. The summed E-state index contributed by atoms with van der Waals surface area (Å²) in [5.41, 5.74) is 4.47. The molecule has 0 saturated carbocycles. The summed E-state index contributed by atoms with van der Waals surface area (Å²) in [7, 11) is 0. The molecule has 0 bridgehead atoms. The average molecular weight is 391 g/mol. The van der Waals surface area contributed by atoms with Gasteiger partial charge in [-0.3, -0.25) is 10.1 Å². The standard InChI is InChI=1S/C22H22N4OS/c1-14-18-19(26(25-14)17-8-6-5-7-9-17)23-21(28-18)24-20(27)15-10-12-16(13-11-15)22(2,3)4/h5-13H,1-4H3,(H,23,24,27). The number of rotatable bonds is 3. The number of amides is 1. The molecule has 1 amide bonds. The van der Waals surface area contributed by atoms with Gasteiger partial charge in [0.05, 0.1) is 16.1 Å². The van der Waals surface area contributed by atoms with E-state index in [2.05, 4.69) is 36.2 Å². The number of aryl methyl sites for hydroxylation is 1. The highest BCUT2D eigenvalue weighted by Gasteiger charge is 2.18. The van der Waals surface area contributed by atoms with Gasteiger partial charge >= 0.3 is 0 Å². The van der Waals surface area contributed by atoms with Gasteiger partial charge in [0.15, 0.2) is 10.8 Å². The molecular formula is C22H22N4OS. The molecule has 0 fully saturated rings. The Hall–Kier alpha value is -2.99. The van der Waals surface area contributed by atoms with Crippen molar-refractivity contribution in [3.8, 4) is 5.69 Å². The summed E-state index contributed by atoms with van der Waals surface area (Å²) in [4.78, 5) is 17.3. The van der Waals surface area contributed by atoms with Gasteiger partial charge in [-0.05, 0) is 42.2 Å². The van der Waals surface area contributed by atoms with Gasteiger partial charge in [-0.25, -0.2) is 4.68 Å². The fraction of sp³-hybridized carbons (Fsp3) is 0.227. The molecule has 2 aromatic carbocycles. The van der Waals surface area contributed by atoms with Crippen molar-refractivity contribution >= 4 is 32.7 Å². The van der Waals surface area contributed by atoms with Crippen LogP contribution in [0, 0.1) is 6.92 Å². The normalized spacial score (nSPS) is 11.7. The highest BCUT2D eigenvalue weighted by molar-refractivity contribution is 7.22. The highest BCUT2D eigenvalue weighted by Crippen LogP contribution is 2.30. The van der Waals surface area contributed by atoms with Gasteiger partial charge in [0.25, 0.3) is 5.91 Å². The maximum absolute atomic E-state index is 12.6. The second kappa shape index (κ2) is 6.87. The molecule has 0 aliphatic carbocycles. The minimum atomic E-state index is -0.159. The number of aromatic nitrogens is 3. The molecule has 0 aliphatic heterocycles. The smallest absolute Gasteiger partial charge is 0.257 e. The van der Waals surface area contributed by atoms with Gasteiger partial charge in [-0.2, -0.15) is 10.1 Å². The third-order valence-electron chi connectivity index (χ3n) is 4.62. The predicted octanol–water partition coefficient (Wildman–Crippen LogP) is 5.34. The van der Waals surface area contributed by atoms with E-state index in [1.807, 2.05) is 66.2 Å². The van der Waals surface area contributed by atoms with E-state index >= 15 is 0 Å². The molecule has 4 aromatic rings. The van der Waals surface area contributed by atoms with Gasteiger partial charge in [0.2, 0.25) is 0 Å². The second-order valence-corrected chi connectivity index (χ2v) is 8.79. The Morgan fingerprint density at radius 3 is 2.36 bits per heavy atom. The Bertz CT molecular complexity index is 1140. The minimum Gasteiger partial charge on any atom is -0.298 e. The van der Waals surface area contributed by atoms with E-state index in [4.69, 9.17) is 0 Å². The second-order valence-electron chi connectivity index (χ2n) is 7.79. The summed E-state index contributed by atoms with van der Waals surface area (Å²) in [6.07, 6.45) is 0. The van der Waals surface area contributed by atoms with Gasteiger partial charge in [0.1, 0.15) is 0 Å². The lowest BCUT2D eigenvalue weighted by Gasteiger charge is -2.18. The zero-order valence-electron chi connectivity index (χ0n) is 16.4. The van der Waals surface area contributed by atoms with E-state index in [1.165, 1.54) is 16.9 Å². The van der Waals surface area contributed by atoms with Crippen molar-refractivity contribution in [1.82, 2.24) is 14.8 Å². The highest BCUT2D eigenvalue weighted by atomic mass is 32.1. The Morgan fingerprint density at radius 2 is 1.71 bits per heavy atom. The number of anilines is 1. The first-order chi connectivity index (χ1) is 13.3. The van der Waals surface area contributed by atoms with Crippen LogP contribution in [0.25, 0.3) is 16.0 Å². The van der Waals surface area contributed by atoms with Crippen LogP contribution in [0.2, 0.25) is 0 Å². The predicted molar refractivity (Wildman–Crippen MR) is 115 cm³/mol. The monoisotopic (exact) mass is 390 g/mol. The van der Waals surface area contributed by atoms with Crippen LogP contribution < -0.4 is 5.32 Å². The Kier molecular flexibility index (Phi) is 4.51. The van der Waals surface area contributed by atoms with Crippen LogP contribution in [0.1, 0.15) is 42.4 Å². The van der Waals surface area contributed by atoms with Gasteiger partial charge in [0, 0.05) is 5.56 Å². The number of para-hydroxylation sites is 1. The quantitative estimate of drug-likeness (QED) is 0.514. The van der Waals surface area contributed by atoms with Gasteiger partial charge < -0.3 is 0 Å². The van der Waals surface area contributed by atoms with Gasteiger partial charge in [-0.15, -0.1) is 0 Å². The zero-order chi connectivity index (χ0) is 19.9. The zero-order valence-corrected chi connectivity index (χ0v) is 17.2. The number of nitrogens with one attached hydrogen (secondary N) is 1. The first kappa shape index (κ1) is 18.4. The number of benzene rings is 2. The van der Waals surface area contributed by atoms with Crippen molar-refractivity contribution in [3.63, 3.8) is 0 Å². The number of fused-ring (bicyclic) bond motifs is 1. The Labute approximate surface area is 168 Å². The summed E-state index contributed by atoms with van der Waals surface area (Å²) in [5, 5.41) is 8.08. The maximum atomic E-state index is 12.6. The molecule has 0 spiro atoms. The summed E-state index contributed by atoms with van der Waals surface area (Å²) >= 11 is 1.44. The number of hydrogen-bond acceptors (Lipinski definition) is 4. The lowest BCUT2D eigenvalue weighted by molar-refractivity contribution is 0.102. The molecule has 0 saturated heterocycles. The van der Waals surface area contributed by atoms with E-state index in [-0.39, 0.29) is 11.3 Å². The van der Waals surface area contributed by atoms with Crippen LogP contribution in [0.5, 0.6) is 0 Å². The molecular weight excluding hydrogens is 368 g/mol. The SMILES string of the molecule is Cc1nn(-c2ccccc2)c2nc(NC(=O)c3ccc(C(C)(C)C)cc3)sc12. The van der Waals surface area contributed by atoms with E-state index in [1.54, 1.807) is 0 Å². The molecule has 0 aliphatic rings. The van der Waals surface area contributed by atoms with Crippen molar-refractivity contribution in [2.45, 2.75) is 33.1 Å². The Morgan fingerprint density at radius 1 is 1.04 bits per heavy atom. The van der Waals surface area contributed by atoms with Crippen molar-refractivity contribution in [2.75, 3.05) is 5.32 Å². The summed E-state index contributed by atoms with van der Waals surface area (Å²) in [5.74, 6) is -0.159. The molecule has 2 aromatic heterocycles. The molecule has 1 N–H and O–H groups in total. The number of carbonyl (C=O) groups excluding carboxylic acids is 1. The van der Waals surface area contributed by atoms with E-state index in [0.717, 1.165) is 21.7 Å². The number of nitrogens with zero attached hydrogens (tertiary/aromatic N) is 3. The van der Waals surface area contributed by atoms with Crippen LogP contribution >= 0.6 is 11.3 Å². The minimum absolute atomic E-state index is 0.0584. The fourth-order valence-corrected chi connectivity index (χ4v) is 3.91. The van der Waals surface area contributed by atoms with Crippen molar-refractivity contribution in [1.29, 1.82) is 0 Å². The molecule has 2 heterocycles. The molecule has 6 heteroatoms. The number of thiazole rings is 1. The Balaban J connectivity index is 1.61. The largest absolute Gasteiger partial charge is 0.298 e. The van der Waals surface area contributed by atoms with Crippen LogP contribution in [0.3, 0.4) is 0 Å². The van der Waals surface area contributed by atoms with Crippen LogP contribution in [0.4, 0.5) is 5.13 Å².